The summed E-state index contributed by atoms with van der Waals surface area (Å²) < 4.78 is 5.65. The standard InChI is InChI=1S/C13H21NOS/c1-10-8-11(9-15-10)13(14-2)6-5-12-4-3-7-16-12/h3-4,7,10-11,13-14H,5-6,8-9H2,1-2H3. The lowest BCUT2D eigenvalue weighted by atomic mass is 9.93. The minimum Gasteiger partial charge on any atom is -0.378 e. The number of hydrogen-bond donors (Lipinski definition) is 1. The van der Waals surface area contributed by atoms with E-state index in [0.717, 1.165) is 6.61 Å². The van der Waals surface area contributed by atoms with Gasteiger partial charge in [-0.2, -0.15) is 0 Å². The van der Waals surface area contributed by atoms with Gasteiger partial charge in [-0.3, -0.25) is 0 Å². The van der Waals surface area contributed by atoms with E-state index in [1.54, 1.807) is 0 Å². The summed E-state index contributed by atoms with van der Waals surface area (Å²) in [5.74, 6) is 0.694. The smallest absolute Gasteiger partial charge is 0.0551 e. The molecule has 0 aromatic carbocycles. The van der Waals surface area contributed by atoms with Gasteiger partial charge < -0.3 is 10.1 Å². The molecular weight excluding hydrogens is 218 g/mol. The van der Waals surface area contributed by atoms with Crippen LogP contribution in [0.1, 0.15) is 24.6 Å². The summed E-state index contributed by atoms with van der Waals surface area (Å²) in [4.78, 5) is 1.49. The first kappa shape index (κ1) is 12.1. The molecule has 1 saturated heterocycles. The third kappa shape index (κ3) is 3.06. The van der Waals surface area contributed by atoms with E-state index in [9.17, 15) is 0 Å². The average Bonchev–Trinajstić information content (AvgIpc) is 2.91. The van der Waals surface area contributed by atoms with E-state index in [2.05, 4.69) is 36.8 Å². The van der Waals surface area contributed by atoms with Gasteiger partial charge in [-0.25, -0.2) is 0 Å². The number of ether oxygens (including phenoxy) is 1. The monoisotopic (exact) mass is 239 g/mol. The zero-order valence-electron chi connectivity index (χ0n) is 10.1. The van der Waals surface area contributed by atoms with Crippen molar-refractivity contribution in [2.75, 3.05) is 13.7 Å². The molecule has 0 amide bonds. The second-order valence-corrected chi connectivity index (χ2v) is 5.69. The van der Waals surface area contributed by atoms with Crippen molar-refractivity contribution in [3.8, 4) is 0 Å². The van der Waals surface area contributed by atoms with Crippen molar-refractivity contribution in [2.45, 2.75) is 38.3 Å². The van der Waals surface area contributed by atoms with Crippen LogP contribution in [-0.2, 0) is 11.2 Å². The summed E-state index contributed by atoms with van der Waals surface area (Å²) in [5.41, 5.74) is 0. The van der Waals surface area contributed by atoms with Crippen LogP contribution in [0.3, 0.4) is 0 Å². The van der Waals surface area contributed by atoms with E-state index in [1.165, 1.54) is 24.1 Å². The molecule has 3 heteroatoms. The van der Waals surface area contributed by atoms with Gasteiger partial charge in [0.25, 0.3) is 0 Å². The Labute approximate surface area is 102 Å². The largest absolute Gasteiger partial charge is 0.378 e. The van der Waals surface area contributed by atoms with Crippen LogP contribution in [0.5, 0.6) is 0 Å². The molecule has 2 heterocycles. The summed E-state index contributed by atoms with van der Waals surface area (Å²) in [7, 11) is 2.07. The van der Waals surface area contributed by atoms with Crippen molar-refractivity contribution < 1.29 is 4.74 Å². The van der Waals surface area contributed by atoms with Crippen molar-refractivity contribution in [1.29, 1.82) is 0 Å². The quantitative estimate of drug-likeness (QED) is 0.853. The van der Waals surface area contributed by atoms with Gasteiger partial charge in [0.15, 0.2) is 0 Å². The topological polar surface area (TPSA) is 21.3 Å². The van der Waals surface area contributed by atoms with Crippen molar-refractivity contribution in [2.24, 2.45) is 5.92 Å². The predicted molar refractivity (Wildman–Crippen MR) is 69.0 cm³/mol. The molecule has 1 fully saturated rings. The first-order chi connectivity index (χ1) is 7.79. The Morgan fingerprint density at radius 2 is 2.50 bits per heavy atom. The highest BCUT2D eigenvalue weighted by molar-refractivity contribution is 7.09. The minimum absolute atomic E-state index is 0.447. The van der Waals surface area contributed by atoms with Gasteiger partial charge in [0.2, 0.25) is 0 Å². The van der Waals surface area contributed by atoms with Crippen molar-refractivity contribution in [3.63, 3.8) is 0 Å². The average molecular weight is 239 g/mol. The SMILES string of the molecule is CNC(CCc1cccs1)C1COC(C)C1. The van der Waals surface area contributed by atoms with Crippen molar-refractivity contribution in [1.82, 2.24) is 5.32 Å². The van der Waals surface area contributed by atoms with Gasteiger partial charge in [-0.05, 0) is 44.7 Å². The molecule has 0 spiro atoms. The van der Waals surface area contributed by atoms with Crippen LogP contribution in [-0.4, -0.2) is 25.8 Å². The molecule has 0 bridgehead atoms. The third-order valence-electron chi connectivity index (χ3n) is 3.45. The van der Waals surface area contributed by atoms with E-state index in [-0.39, 0.29) is 0 Å². The molecule has 2 rings (SSSR count). The number of nitrogens with one attached hydrogen (secondary N) is 1. The van der Waals surface area contributed by atoms with Gasteiger partial charge in [-0.15, -0.1) is 11.3 Å². The predicted octanol–water partition coefficient (Wildman–Crippen LogP) is 2.69. The molecular formula is C13H21NOS. The number of hydrogen-bond acceptors (Lipinski definition) is 3. The maximum Gasteiger partial charge on any atom is 0.0551 e. The van der Waals surface area contributed by atoms with Crippen molar-refractivity contribution in [3.05, 3.63) is 22.4 Å². The molecule has 0 aliphatic carbocycles. The summed E-state index contributed by atoms with van der Waals surface area (Å²) in [6, 6.07) is 4.97. The maximum absolute atomic E-state index is 5.65. The Kier molecular flexibility index (Phi) is 4.38. The second-order valence-electron chi connectivity index (χ2n) is 4.65. The molecule has 1 aliphatic rings. The van der Waals surface area contributed by atoms with Crippen LogP contribution in [0.25, 0.3) is 0 Å². The van der Waals surface area contributed by atoms with Gasteiger partial charge in [0, 0.05) is 16.8 Å². The summed E-state index contributed by atoms with van der Waals surface area (Å²) in [6.45, 7) is 3.10. The molecule has 1 aliphatic heterocycles. The molecule has 0 saturated carbocycles. The zero-order valence-corrected chi connectivity index (χ0v) is 10.9. The third-order valence-corrected chi connectivity index (χ3v) is 4.39. The van der Waals surface area contributed by atoms with E-state index in [1.807, 2.05) is 11.3 Å². The first-order valence-electron chi connectivity index (χ1n) is 6.11. The lowest BCUT2D eigenvalue weighted by Gasteiger charge is -2.21. The number of rotatable bonds is 5. The summed E-state index contributed by atoms with van der Waals surface area (Å²) in [5, 5.41) is 5.61. The van der Waals surface area contributed by atoms with Crippen LogP contribution in [0.2, 0.25) is 0 Å². The highest BCUT2D eigenvalue weighted by Crippen LogP contribution is 2.25. The van der Waals surface area contributed by atoms with Crippen molar-refractivity contribution >= 4 is 11.3 Å². The van der Waals surface area contributed by atoms with E-state index < -0.39 is 0 Å². The molecule has 16 heavy (non-hydrogen) atoms. The molecule has 1 aromatic heterocycles. The Morgan fingerprint density at radius 1 is 1.62 bits per heavy atom. The van der Waals surface area contributed by atoms with Crippen LogP contribution in [0.15, 0.2) is 17.5 Å². The van der Waals surface area contributed by atoms with Crippen LogP contribution < -0.4 is 5.32 Å². The van der Waals surface area contributed by atoms with Crippen LogP contribution in [0, 0.1) is 5.92 Å². The van der Waals surface area contributed by atoms with Gasteiger partial charge in [0.05, 0.1) is 12.7 Å². The van der Waals surface area contributed by atoms with E-state index in [4.69, 9.17) is 4.74 Å². The molecule has 1 aromatic rings. The summed E-state index contributed by atoms with van der Waals surface area (Å²) >= 11 is 1.86. The maximum atomic E-state index is 5.65. The Hall–Kier alpha value is -0.380. The fraction of sp³-hybridized carbons (Fsp3) is 0.692. The highest BCUT2D eigenvalue weighted by Gasteiger charge is 2.28. The first-order valence-corrected chi connectivity index (χ1v) is 6.99. The van der Waals surface area contributed by atoms with Crippen LogP contribution in [0.4, 0.5) is 0 Å². The number of thiophene rings is 1. The molecule has 3 atom stereocenters. The highest BCUT2D eigenvalue weighted by atomic mass is 32.1. The fourth-order valence-corrected chi connectivity index (χ4v) is 3.22. The molecule has 90 valence electrons. The fourth-order valence-electron chi connectivity index (χ4n) is 2.50. The van der Waals surface area contributed by atoms with Crippen LogP contribution >= 0.6 is 11.3 Å². The summed E-state index contributed by atoms with van der Waals surface area (Å²) in [6.07, 6.45) is 4.06. The van der Waals surface area contributed by atoms with E-state index >= 15 is 0 Å². The Bertz CT molecular complexity index is 299. The zero-order chi connectivity index (χ0) is 11.4. The molecule has 3 unspecified atom stereocenters. The normalized spacial score (nSPS) is 27.1. The van der Waals surface area contributed by atoms with E-state index in [0.29, 0.717) is 18.1 Å². The Morgan fingerprint density at radius 3 is 3.06 bits per heavy atom. The van der Waals surface area contributed by atoms with Gasteiger partial charge >= 0.3 is 0 Å². The van der Waals surface area contributed by atoms with Gasteiger partial charge in [0.1, 0.15) is 0 Å². The second kappa shape index (κ2) is 5.80. The molecule has 0 radical (unpaired) electrons. The number of aryl methyl sites for hydroxylation is 1. The lowest BCUT2D eigenvalue weighted by molar-refractivity contribution is 0.117. The Balaban J connectivity index is 1.81. The lowest BCUT2D eigenvalue weighted by Crippen LogP contribution is -2.34. The molecule has 2 nitrogen and oxygen atoms in total. The molecule has 1 N–H and O–H groups in total. The minimum atomic E-state index is 0.447. The van der Waals surface area contributed by atoms with Gasteiger partial charge in [-0.1, -0.05) is 6.07 Å².